The number of sulfonamides is 1. The molecule has 0 spiro atoms. The van der Waals surface area contributed by atoms with Crippen molar-refractivity contribution in [3.63, 3.8) is 0 Å². The summed E-state index contributed by atoms with van der Waals surface area (Å²) < 4.78 is 27.5. The monoisotopic (exact) mass is 345 g/mol. The topological polar surface area (TPSA) is 71.1 Å². The molecule has 116 valence electrons. The van der Waals surface area contributed by atoms with Crippen LogP contribution in [0.1, 0.15) is 28.8 Å². The summed E-state index contributed by atoms with van der Waals surface area (Å²) in [7, 11) is -3.54. The highest BCUT2D eigenvalue weighted by molar-refractivity contribution is 7.94. The maximum absolute atomic E-state index is 12.3. The van der Waals surface area contributed by atoms with Gasteiger partial charge in [0.25, 0.3) is 10.0 Å². The quantitative estimate of drug-likeness (QED) is 0.756. The van der Waals surface area contributed by atoms with E-state index in [1.54, 1.807) is 6.07 Å². The lowest BCUT2D eigenvalue weighted by molar-refractivity contribution is 0.603. The minimum absolute atomic E-state index is 0.321. The summed E-state index contributed by atoms with van der Waals surface area (Å²) in [6.45, 7) is 7.51. The Hall–Kier alpha value is -0.960. The summed E-state index contributed by atoms with van der Waals surface area (Å²) in [6.07, 6.45) is 1.06. The van der Waals surface area contributed by atoms with Crippen molar-refractivity contribution in [3.8, 4) is 0 Å². The highest BCUT2D eigenvalue weighted by Crippen LogP contribution is 2.27. The van der Waals surface area contributed by atoms with Crippen LogP contribution in [0, 0.1) is 13.8 Å². The summed E-state index contributed by atoms with van der Waals surface area (Å²) in [5, 5.41) is 3.68. The van der Waals surface area contributed by atoms with Crippen molar-refractivity contribution in [2.75, 3.05) is 11.3 Å². The Morgan fingerprint density at radius 3 is 2.62 bits per heavy atom. The Kier molecular flexibility index (Phi) is 5.37. The first kappa shape index (κ1) is 16.4. The van der Waals surface area contributed by atoms with Crippen LogP contribution < -0.4 is 10.0 Å². The second-order valence-electron chi connectivity index (χ2n) is 4.66. The number of hydrogen-bond donors (Lipinski definition) is 2. The van der Waals surface area contributed by atoms with Gasteiger partial charge in [-0.25, -0.2) is 13.4 Å². The molecule has 0 saturated heterocycles. The zero-order valence-electron chi connectivity index (χ0n) is 12.3. The zero-order valence-corrected chi connectivity index (χ0v) is 14.7. The van der Waals surface area contributed by atoms with Gasteiger partial charge >= 0.3 is 0 Å². The average Bonchev–Trinajstić information content (AvgIpc) is 2.98. The summed E-state index contributed by atoms with van der Waals surface area (Å²) in [4.78, 5) is 6.24. The smallest absolute Gasteiger partial charge is 0.273 e. The number of aromatic nitrogens is 1. The number of anilines is 1. The molecule has 2 heterocycles. The van der Waals surface area contributed by atoms with Gasteiger partial charge in [-0.3, -0.25) is 4.72 Å². The number of hydrogen-bond acceptors (Lipinski definition) is 6. The van der Waals surface area contributed by atoms with E-state index in [9.17, 15) is 8.42 Å². The molecule has 0 fully saturated rings. The maximum atomic E-state index is 12.3. The second kappa shape index (κ2) is 6.87. The Morgan fingerprint density at radius 1 is 1.24 bits per heavy atom. The molecule has 0 aliphatic rings. The SMILES string of the molecule is CCCNCc1ccc(S(=O)(=O)Nc2nc(C)c(C)s2)s1. The largest absolute Gasteiger partial charge is 0.312 e. The van der Waals surface area contributed by atoms with Gasteiger partial charge in [-0.2, -0.15) is 0 Å². The van der Waals surface area contributed by atoms with Crippen LogP contribution in [-0.2, 0) is 16.6 Å². The van der Waals surface area contributed by atoms with Gasteiger partial charge in [0.2, 0.25) is 0 Å². The molecule has 2 rings (SSSR count). The molecule has 5 nitrogen and oxygen atoms in total. The zero-order chi connectivity index (χ0) is 15.5. The molecule has 0 aliphatic carbocycles. The maximum Gasteiger partial charge on any atom is 0.273 e. The normalized spacial score (nSPS) is 11.8. The lowest BCUT2D eigenvalue weighted by atomic mass is 10.4. The fourth-order valence-electron chi connectivity index (χ4n) is 1.67. The van der Waals surface area contributed by atoms with Crippen LogP contribution in [0.15, 0.2) is 16.3 Å². The first-order valence-corrected chi connectivity index (χ1v) is 9.80. The van der Waals surface area contributed by atoms with Gasteiger partial charge in [0.1, 0.15) is 4.21 Å². The van der Waals surface area contributed by atoms with Crippen LogP contribution in [0.4, 0.5) is 5.13 Å². The summed E-state index contributed by atoms with van der Waals surface area (Å²) >= 11 is 2.63. The van der Waals surface area contributed by atoms with Crippen LogP contribution >= 0.6 is 22.7 Å². The minimum atomic E-state index is -3.54. The van der Waals surface area contributed by atoms with Crippen LogP contribution in [0.2, 0.25) is 0 Å². The van der Waals surface area contributed by atoms with Gasteiger partial charge < -0.3 is 5.32 Å². The number of rotatable bonds is 7. The fourth-order valence-corrected chi connectivity index (χ4v) is 5.04. The number of thiazole rings is 1. The van der Waals surface area contributed by atoms with Crippen molar-refractivity contribution in [1.29, 1.82) is 0 Å². The summed E-state index contributed by atoms with van der Waals surface area (Å²) in [5.74, 6) is 0. The number of thiophene rings is 1. The van der Waals surface area contributed by atoms with E-state index in [0.29, 0.717) is 15.9 Å². The van der Waals surface area contributed by atoms with Gasteiger partial charge in [-0.15, -0.1) is 22.7 Å². The van der Waals surface area contributed by atoms with Gasteiger partial charge in [-0.05, 0) is 38.9 Å². The highest BCUT2D eigenvalue weighted by atomic mass is 32.2. The lowest BCUT2D eigenvalue weighted by Gasteiger charge is -2.02. The predicted molar refractivity (Wildman–Crippen MR) is 88.7 cm³/mol. The van der Waals surface area contributed by atoms with E-state index in [0.717, 1.165) is 28.4 Å². The molecule has 0 bridgehead atoms. The Labute approximate surface area is 133 Å². The number of nitrogens with one attached hydrogen (secondary N) is 2. The lowest BCUT2D eigenvalue weighted by Crippen LogP contribution is -2.13. The van der Waals surface area contributed by atoms with E-state index < -0.39 is 10.0 Å². The molecule has 8 heteroatoms. The molecule has 0 saturated carbocycles. The Morgan fingerprint density at radius 2 is 2.00 bits per heavy atom. The van der Waals surface area contributed by atoms with Crippen molar-refractivity contribution in [2.24, 2.45) is 0 Å². The van der Waals surface area contributed by atoms with Crippen LogP contribution in [0.5, 0.6) is 0 Å². The van der Waals surface area contributed by atoms with Gasteiger partial charge in [-0.1, -0.05) is 6.92 Å². The first-order valence-electron chi connectivity index (χ1n) is 6.68. The minimum Gasteiger partial charge on any atom is -0.312 e. The molecular weight excluding hydrogens is 326 g/mol. The molecule has 2 N–H and O–H groups in total. The van der Waals surface area contributed by atoms with E-state index in [2.05, 4.69) is 21.9 Å². The molecule has 21 heavy (non-hydrogen) atoms. The van der Waals surface area contributed by atoms with Crippen molar-refractivity contribution < 1.29 is 8.42 Å². The van der Waals surface area contributed by atoms with Crippen LogP contribution in [0.3, 0.4) is 0 Å². The van der Waals surface area contributed by atoms with Crippen LogP contribution in [-0.4, -0.2) is 19.9 Å². The van der Waals surface area contributed by atoms with Crippen molar-refractivity contribution >= 4 is 37.8 Å². The predicted octanol–water partition coefficient (Wildman–Crippen LogP) is 3.12. The van der Waals surface area contributed by atoms with Crippen molar-refractivity contribution in [2.45, 2.75) is 37.9 Å². The molecule has 0 amide bonds. The van der Waals surface area contributed by atoms with E-state index in [1.807, 2.05) is 19.9 Å². The Balaban J connectivity index is 2.08. The second-order valence-corrected chi connectivity index (χ2v) is 8.94. The van der Waals surface area contributed by atoms with Gasteiger partial charge in [0, 0.05) is 16.3 Å². The fraction of sp³-hybridized carbons (Fsp3) is 0.462. The summed E-state index contributed by atoms with van der Waals surface area (Å²) in [5.41, 5.74) is 0.855. The first-order chi connectivity index (χ1) is 9.92. The van der Waals surface area contributed by atoms with Gasteiger partial charge in [0.15, 0.2) is 5.13 Å². The number of aryl methyl sites for hydroxylation is 2. The van der Waals surface area contributed by atoms with E-state index in [-0.39, 0.29) is 0 Å². The third-order valence-corrected chi connectivity index (χ3v) is 6.91. The van der Waals surface area contributed by atoms with Crippen molar-refractivity contribution in [3.05, 3.63) is 27.6 Å². The molecule has 0 radical (unpaired) electrons. The number of nitrogens with zero attached hydrogens (tertiary/aromatic N) is 1. The third-order valence-electron chi connectivity index (χ3n) is 2.88. The molecule has 2 aromatic rings. The van der Waals surface area contributed by atoms with E-state index >= 15 is 0 Å². The molecule has 0 aliphatic heterocycles. The third kappa shape index (κ3) is 4.26. The highest BCUT2D eigenvalue weighted by Gasteiger charge is 2.19. The molecular formula is C13H19N3O2S3. The van der Waals surface area contributed by atoms with Gasteiger partial charge in [0.05, 0.1) is 5.69 Å². The average molecular weight is 346 g/mol. The van der Waals surface area contributed by atoms with Crippen LogP contribution in [0.25, 0.3) is 0 Å². The van der Waals surface area contributed by atoms with E-state index in [4.69, 9.17) is 0 Å². The summed E-state index contributed by atoms with van der Waals surface area (Å²) in [6, 6.07) is 3.49. The van der Waals surface area contributed by atoms with Crippen molar-refractivity contribution in [1.82, 2.24) is 10.3 Å². The van der Waals surface area contributed by atoms with E-state index in [1.165, 1.54) is 22.7 Å². The molecule has 0 aromatic carbocycles. The molecule has 0 unspecified atom stereocenters. The molecule has 2 aromatic heterocycles. The standard InChI is InChI=1S/C13H19N3O2S3/c1-4-7-14-8-11-5-6-12(20-11)21(17,18)16-13-15-9(2)10(3)19-13/h5-6,14H,4,7-8H2,1-3H3,(H,15,16). The molecule has 0 atom stereocenters. The Bertz CT molecular complexity index is 685.